The molecule has 0 aliphatic carbocycles. The van der Waals surface area contributed by atoms with E-state index in [1.807, 2.05) is 22.7 Å². The molecule has 0 radical (unpaired) electrons. The Hall–Kier alpha value is -6.34. The minimum atomic E-state index is -0.0145. The number of furan rings is 1. The highest BCUT2D eigenvalue weighted by Crippen LogP contribution is 2.52. The molecular formula is C63H59BN2OS2. The van der Waals surface area contributed by atoms with Gasteiger partial charge in [-0.15, -0.1) is 22.7 Å². The zero-order valence-corrected chi connectivity index (χ0v) is 43.6. The zero-order valence-electron chi connectivity index (χ0n) is 42.0. The molecule has 69 heavy (non-hydrogen) atoms. The van der Waals surface area contributed by atoms with Crippen molar-refractivity contribution in [2.45, 2.75) is 99.8 Å². The second-order valence-corrected chi connectivity index (χ2v) is 24.4. The smallest absolute Gasteiger partial charge is 0.264 e. The number of nitrogens with zero attached hydrogens (tertiary/aromatic N) is 2. The van der Waals surface area contributed by atoms with Gasteiger partial charge in [-0.3, -0.25) is 0 Å². The molecule has 0 N–H and O–H groups in total. The summed E-state index contributed by atoms with van der Waals surface area (Å²) in [6.45, 7) is 28.0. The van der Waals surface area contributed by atoms with Crippen molar-refractivity contribution in [3.8, 4) is 21.8 Å². The molecule has 7 aromatic carbocycles. The Bertz CT molecular complexity index is 3640. The van der Waals surface area contributed by atoms with Crippen LogP contribution in [0.15, 0.2) is 138 Å². The van der Waals surface area contributed by atoms with Crippen LogP contribution in [0.5, 0.6) is 0 Å². The highest BCUT2D eigenvalue weighted by atomic mass is 32.1. The lowest BCUT2D eigenvalue weighted by molar-refractivity contribution is 0.589. The summed E-state index contributed by atoms with van der Waals surface area (Å²) >= 11 is 3.86. The van der Waals surface area contributed by atoms with Crippen LogP contribution < -0.4 is 25.5 Å². The van der Waals surface area contributed by atoms with Crippen LogP contribution >= 0.6 is 22.7 Å². The minimum absolute atomic E-state index is 0.00168. The van der Waals surface area contributed by atoms with Gasteiger partial charge >= 0.3 is 0 Å². The number of benzene rings is 7. The van der Waals surface area contributed by atoms with Gasteiger partial charge in [0, 0.05) is 52.5 Å². The van der Waals surface area contributed by atoms with Crippen molar-refractivity contribution >= 4 is 110 Å². The maximum absolute atomic E-state index is 6.64. The van der Waals surface area contributed by atoms with Gasteiger partial charge in [0.15, 0.2) is 0 Å². The van der Waals surface area contributed by atoms with Crippen LogP contribution in [0.1, 0.15) is 100 Å². The van der Waals surface area contributed by atoms with Crippen LogP contribution in [-0.2, 0) is 10.8 Å². The Morgan fingerprint density at radius 1 is 0.522 bits per heavy atom. The fourth-order valence-electron chi connectivity index (χ4n) is 11.4. The Morgan fingerprint density at radius 2 is 1.16 bits per heavy atom. The summed E-state index contributed by atoms with van der Waals surface area (Å²) in [5, 5.41) is 3.74. The molecule has 0 saturated heterocycles. The Balaban J connectivity index is 1.18. The molecule has 3 aromatic heterocycles. The molecule has 6 heteroatoms. The van der Waals surface area contributed by atoms with E-state index in [1.165, 1.54) is 119 Å². The topological polar surface area (TPSA) is 19.6 Å². The summed E-state index contributed by atoms with van der Waals surface area (Å²) in [6, 6.07) is 50.9. The van der Waals surface area contributed by atoms with Gasteiger partial charge in [-0.05, 0) is 172 Å². The van der Waals surface area contributed by atoms with Crippen molar-refractivity contribution in [2.24, 2.45) is 0 Å². The van der Waals surface area contributed by atoms with Crippen LogP contribution in [0, 0.1) is 27.7 Å². The van der Waals surface area contributed by atoms with E-state index in [0.717, 1.165) is 22.3 Å². The molecule has 0 atom stereocenters. The predicted molar refractivity (Wildman–Crippen MR) is 302 cm³/mol. The third-order valence-electron chi connectivity index (χ3n) is 14.9. The molecule has 0 bridgehead atoms. The van der Waals surface area contributed by atoms with Crippen LogP contribution in [0.25, 0.3) is 52.9 Å². The van der Waals surface area contributed by atoms with Crippen molar-refractivity contribution in [2.75, 3.05) is 9.80 Å². The van der Waals surface area contributed by atoms with Gasteiger partial charge in [0.1, 0.15) is 11.3 Å². The number of hydrogen-bond acceptors (Lipinski definition) is 5. The SMILES string of the molecule is Cc1cc(C(C)(C)C)cc(C)c1N1c2cc(-c3cc4ccccc4o3)ccc2B2c3sc4ccc(C(C)(C)C)cc4c3N(c3c(C)cc(-c4cc5ccccc5s4)cc3C)c3cc(C(C)C)cc1c32. The van der Waals surface area contributed by atoms with Crippen LogP contribution in [0.2, 0.25) is 0 Å². The largest absolute Gasteiger partial charge is 0.456 e. The quantitative estimate of drug-likeness (QED) is 0.160. The first kappa shape index (κ1) is 43.9. The van der Waals surface area contributed by atoms with Gasteiger partial charge < -0.3 is 14.2 Å². The number of thiophene rings is 2. The lowest BCUT2D eigenvalue weighted by Gasteiger charge is -2.45. The maximum atomic E-state index is 6.64. The van der Waals surface area contributed by atoms with E-state index in [2.05, 4.69) is 226 Å². The van der Waals surface area contributed by atoms with E-state index in [0.29, 0.717) is 0 Å². The Morgan fingerprint density at radius 3 is 1.83 bits per heavy atom. The highest BCUT2D eigenvalue weighted by molar-refractivity contribution is 7.33. The highest BCUT2D eigenvalue weighted by Gasteiger charge is 2.47. The zero-order chi connectivity index (χ0) is 48.0. The van der Waals surface area contributed by atoms with Crippen molar-refractivity contribution in [1.29, 1.82) is 0 Å². The molecule has 5 heterocycles. The molecule has 0 unspecified atom stereocenters. The van der Waals surface area contributed by atoms with E-state index in [4.69, 9.17) is 4.42 Å². The molecule has 2 aliphatic rings. The monoisotopic (exact) mass is 934 g/mol. The van der Waals surface area contributed by atoms with Crippen LogP contribution in [-0.4, -0.2) is 6.71 Å². The average molecular weight is 935 g/mol. The summed E-state index contributed by atoms with van der Waals surface area (Å²) in [5.41, 5.74) is 22.6. The fourth-order valence-corrected chi connectivity index (χ4v) is 13.7. The van der Waals surface area contributed by atoms with Gasteiger partial charge in [0.05, 0.1) is 17.1 Å². The molecule has 2 aliphatic heterocycles. The standard InChI is InChI=1S/C63H59BN2OS2/c1-35(2)43-30-50-57-51(31-43)66(59-36(3)25-44(26-37(59)4)56-33-42-18-14-16-20-54(42)68-56)60-47-34-45(62(7,8)9)22-24-55(47)69-61(60)64(57)48-23-21-41(53-32-40-17-13-15-19-52(40)67-53)29-49(48)65(50)58-38(5)27-46(28-39(58)6)63(10,11)12/h13-35H,1-12H3. The van der Waals surface area contributed by atoms with E-state index < -0.39 is 0 Å². The number of fused-ring (bicyclic) bond motifs is 8. The molecule has 3 nitrogen and oxygen atoms in total. The predicted octanol–water partition coefficient (Wildman–Crippen LogP) is 17.2. The summed E-state index contributed by atoms with van der Waals surface area (Å²) < 4.78 is 10.7. The first-order valence-corrected chi connectivity index (χ1v) is 26.3. The second kappa shape index (κ2) is 15.6. The molecule has 0 saturated carbocycles. The molecule has 10 aromatic rings. The Kier molecular flexibility index (Phi) is 9.92. The van der Waals surface area contributed by atoms with E-state index in [-0.39, 0.29) is 23.5 Å². The number of para-hydroxylation sites is 1. The van der Waals surface area contributed by atoms with Crippen molar-refractivity contribution in [3.05, 3.63) is 172 Å². The molecular weight excluding hydrogens is 876 g/mol. The van der Waals surface area contributed by atoms with Crippen molar-refractivity contribution in [1.82, 2.24) is 0 Å². The first-order valence-electron chi connectivity index (χ1n) is 24.6. The minimum Gasteiger partial charge on any atom is -0.456 e. The summed E-state index contributed by atoms with van der Waals surface area (Å²) in [7, 11) is 0. The van der Waals surface area contributed by atoms with Gasteiger partial charge in [-0.25, -0.2) is 0 Å². The molecule has 0 amide bonds. The van der Waals surface area contributed by atoms with Crippen molar-refractivity contribution < 1.29 is 4.42 Å². The first-order chi connectivity index (χ1) is 32.9. The lowest BCUT2D eigenvalue weighted by atomic mass is 9.36. The number of hydrogen-bond donors (Lipinski definition) is 0. The normalized spacial score (nSPS) is 13.6. The van der Waals surface area contributed by atoms with Crippen LogP contribution in [0.3, 0.4) is 0 Å². The van der Waals surface area contributed by atoms with E-state index in [9.17, 15) is 0 Å². The third kappa shape index (κ3) is 6.95. The van der Waals surface area contributed by atoms with E-state index >= 15 is 0 Å². The molecule has 0 fully saturated rings. The van der Waals surface area contributed by atoms with Gasteiger partial charge in [-0.2, -0.15) is 0 Å². The molecule has 342 valence electrons. The van der Waals surface area contributed by atoms with Crippen molar-refractivity contribution in [3.63, 3.8) is 0 Å². The summed E-state index contributed by atoms with van der Waals surface area (Å²) in [6.07, 6.45) is 0. The number of aryl methyl sites for hydroxylation is 4. The van der Waals surface area contributed by atoms with Gasteiger partial charge in [0.2, 0.25) is 0 Å². The van der Waals surface area contributed by atoms with Crippen LogP contribution in [0.4, 0.5) is 34.1 Å². The fraction of sp³-hybridized carbons (Fsp3) is 0.238. The molecule has 12 rings (SSSR count). The lowest BCUT2D eigenvalue weighted by Crippen LogP contribution is -2.60. The molecule has 0 spiro atoms. The number of rotatable bonds is 5. The summed E-state index contributed by atoms with van der Waals surface area (Å²) in [5.74, 6) is 1.17. The maximum Gasteiger partial charge on any atom is 0.264 e. The average Bonchev–Trinajstić information content (AvgIpc) is 4.04. The second-order valence-electron chi connectivity index (χ2n) is 22.2. The van der Waals surface area contributed by atoms with Gasteiger partial charge in [0.25, 0.3) is 6.71 Å². The summed E-state index contributed by atoms with van der Waals surface area (Å²) in [4.78, 5) is 6.65. The van der Waals surface area contributed by atoms with Gasteiger partial charge in [-0.1, -0.05) is 122 Å². The Labute approximate surface area is 416 Å². The third-order valence-corrected chi connectivity index (χ3v) is 17.3. The number of anilines is 6. The van der Waals surface area contributed by atoms with E-state index in [1.54, 1.807) is 0 Å².